The molecule has 0 radical (unpaired) electrons. The molecule has 7 nitrogen and oxygen atoms in total. The van der Waals surface area contributed by atoms with Crippen molar-refractivity contribution in [1.82, 2.24) is 0 Å². The molecule has 7 heteroatoms. The largest absolute Gasteiger partial charge is 0.493 e. The van der Waals surface area contributed by atoms with E-state index in [1.807, 2.05) is 19.2 Å². The van der Waals surface area contributed by atoms with Crippen LogP contribution in [0.15, 0.2) is 72.8 Å². The minimum atomic E-state index is 0.568. The van der Waals surface area contributed by atoms with Gasteiger partial charge in [-0.1, -0.05) is 36.4 Å². The topological polar surface area (TPSA) is 53.3 Å². The number of pyridine rings is 1. The van der Waals surface area contributed by atoms with Crippen LogP contribution in [0.5, 0.6) is 28.7 Å². The number of nitrogens with zero attached hydrogens (tertiary/aromatic N) is 2. The van der Waals surface area contributed by atoms with E-state index >= 15 is 0 Å². The number of ether oxygens (including phenoxy) is 5. The van der Waals surface area contributed by atoms with E-state index in [9.17, 15) is 0 Å². The van der Waals surface area contributed by atoms with Crippen molar-refractivity contribution in [3.05, 3.63) is 78.5 Å². The summed E-state index contributed by atoms with van der Waals surface area (Å²) in [6.07, 6.45) is 0. The van der Waals surface area contributed by atoms with Crippen molar-refractivity contribution in [2.45, 2.75) is 6.92 Å². The lowest BCUT2D eigenvalue weighted by molar-refractivity contribution is -0.665. The first-order valence-electron chi connectivity index (χ1n) is 14.0. The van der Waals surface area contributed by atoms with Crippen molar-refractivity contribution in [2.75, 3.05) is 54.5 Å². The standard InChI is InChI=1S/C36H39N2O5/c1-22-33-27(21-32(40-6)35(42-8)36(33)43-9)19-30(38(22)4)26-18-29(34(41-7)31(20-26)39-5)24-15-13-23(14-16-24)25-11-10-12-28(17-25)37(2)3/h10-21H,1-9H3/q+1. The zero-order chi connectivity index (χ0) is 30.8. The van der Waals surface area contributed by atoms with Gasteiger partial charge in [0.2, 0.25) is 11.4 Å². The second-order valence-corrected chi connectivity index (χ2v) is 10.6. The summed E-state index contributed by atoms with van der Waals surface area (Å²) in [4.78, 5) is 2.11. The fourth-order valence-electron chi connectivity index (χ4n) is 5.66. The van der Waals surface area contributed by atoms with Gasteiger partial charge < -0.3 is 28.6 Å². The van der Waals surface area contributed by atoms with Crippen LogP contribution >= 0.6 is 0 Å². The van der Waals surface area contributed by atoms with Crippen LogP contribution in [-0.2, 0) is 7.05 Å². The molecule has 1 heterocycles. The lowest BCUT2D eigenvalue weighted by Gasteiger charge is -2.18. The summed E-state index contributed by atoms with van der Waals surface area (Å²) in [5, 5.41) is 1.93. The third kappa shape index (κ3) is 5.27. The van der Waals surface area contributed by atoms with Crippen molar-refractivity contribution < 1.29 is 28.3 Å². The van der Waals surface area contributed by atoms with Crippen LogP contribution in [0.25, 0.3) is 44.3 Å². The Hall–Kier alpha value is -4.91. The molecule has 0 saturated heterocycles. The minimum absolute atomic E-state index is 0.568. The molecular weight excluding hydrogens is 540 g/mol. The van der Waals surface area contributed by atoms with Gasteiger partial charge in [-0.3, -0.25) is 0 Å². The summed E-state index contributed by atoms with van der Waals surface area (Å²) < 4.78 is 31.0. The predicted octanol–water partition coefficient (Wildman–Crippen LogP) is 7.08. The van der Waals surface area contributed by atoms with E-state index in [4.69, 9.17) is 23.7 Å². The smallest absolute Gasteiger partial charge is 0.213 e. The molecule has 0 aliphatic heterocycles. The van der Waals surface area contributed by atoms with Gasteiger partial charge in [-0.25, -0.2) is 0 Å². The van der Waals surface area contributed by atoms with Crippen LogP contribution in [-0.4, -0.2) is 49.6 Å². The van der Waals surface area contributed by atoms with Crippen LogP contribution < -0.4 is 33.2 Å². The molecule has 222 valence electrons. The highest BCUT2D eigenvalue weighted by atomic mass is 16.5. The van der Waals surface area contributed by atoms with Crippen LogP contribution in [0.1, 0.15) is 5.69 Å². The lowest BCUT2D eigenvalue weighted by Crippen LogP contribution is -2.35. The summed E-state index contributed by atoms with van der Waals surface area (Å²) >= 11 is 0. The number of benzene rings is 4. The summed E-state index contributed by atoms with van der Waals surface area (Å²) in [5.41, 5.74) is 8.43. The molecule has 0 unspecified atom stereocenters. The Labute approximate surface area is 253 Å². The first-order chi connectivity index (χ1) is 20.8. The molecule has 0 atom stereocenters. The molecule has 0 amide bonds. The number of aryl methyl sites for hydroxylation is 1. The van der Waals surface area contributed by atoms with Gasteiger partial charge in [0.05, 0.1) is 46.5 Å². The van der Waals surface area contributed by atoms with Gasteiger partial charge in [-0.05, 0) is 47.0 Å². The number of hydrogen-bond acceptors (Lipinski definition) is 6. The fraction of sp³-hybridized carbons (Fsp3) is 0.250. The van der Waals surface area contributed by atoms with Crippen molar-refractivity contribution in [3.8, 4) is 62.3 Å². The Balaban J connectivity index is 1.68. The Morgan fingerprint density at radius 1 is 0.581 bits per heavy atom. The average molecular weight is 580 g/mol. The molecule has 5 rings (SSSR count). The van der Waals surface area contributed by atoms with Gasteiger partial charge >= 0.3 is 0 Å². The van der Waals surface area contributed by atoms with Crippen molar-refractivity contribution in [2.24, 2.45) is 7.05 Å². The van der Waals surface area contributed by atoms with Crippen LogP contribution in [0.3, 0.4) is 0 Å². The predicted molar refractivity (Wildman–Crippen MR) is 173 cm³/mol. The van der Waals surface area contributed by atoms with E-state index in [-0.39, 0.29) is 0 Å². The fourth-order valence-corrected chi connectivity index (χ4v) is 5.66. The van der Waals surface area contributed by atoms with Crippen LogP contribution in [0, 0.1) is 6.92 Å². The van der Waals surface area contributed by atoms with E-state index < -0.39 is 0 Å². The average Bonchev–Trinajstić information content (AvgIpc) is 3.04. The van der Waals surface area contributed by atoms with Crippen LogP contribution in [0.2, 0.25) is 0 Å². The number of aromatic nitrogens is 1. The normalized spacial score (nSPS) is 10.9. The van der Waals surface area contributed by atoms with E-state index in [0.717, 1.165) is 55.7 Å². The molecule has 4 aromatic carbocycles. The molecule has 5 aromatic rings. The SMILES string of the molecule is COc1cc(-c2cc3cc(OC)c(OC)c(OC)c3c(C)[n+]2C)cc(-c2ccc(-c3cccc(N(C)C)c3)cc2)c1OC. The van der Waals surface area contributed by atoms with Crippen molar-refractivity contribution >= 4 is 16.5 Å². The molecule has 0 fully saturated rings. The maximum absolute atomic E-state index is 5.90. The first-order valence-corrected chi connectivity index (χ1v) is 14.0. The molecule has 0 aliphatic carbocycles. The monoisotopic (exact) mass is 579 g/mol. The van der Waals surface area contributed by atoms with Gasteiger partial charge in [0.15, 0.2) is 28.7 Å². The van der Waals surface area contributed by atoms with Crippen LogP contribution in [0.4, 0.5) is 5.69 Å². The number of hydrogen-bond donors (Lipinski definition) is 0. The highest BCUT2D eigenvalue weighted by Crippen LogP contribution is 2.46. The Morgan fingerprint density at radius 3 is 1.81 bits per heavy atom. The second kappa shape index (κ2) is 12.1. The zero-order valence-electron chi connectivity index (χ0n) is 26.4. The highest BCUT2D eigenvalue weighted by molar-refractivity contribution is 5.96. The Morgan fingerprint density at radius 2 is 1.21 bits per heavy atom. The lowest BCUT2D eigenvalue weighted by atomic mass is 9.96. The van der Waals surface area contributed by atoms with Crippen molar-refractivity contribution in [3.63, 3.8) is 0 Å². The Bertz CT molecular complexity index is 1800. The molecule has 43 heavy (non-hydrogen) atoms. The first kappa shape index (κ1) is 29.6. The minimum Gasteiger partial charge on any atom is -0.493 e. The van der Waals surface area contributed by atoms with Gasteiger partial charge in [-0.15, -0.1) is 0 Å². The molecule has 0 aliphatic rings. The van der Waals surface area contributed by atoms with E-state index in [0.29, 0.717) is 28.7 Å². The molecule has 0 saturated carbocycles. The highest BCUT2D eigenvalue weighted by Gasteiger charge is 2.26. The van der Waals surface area contributed by atoms with E-state index in [2.05, 4.69) is 91.1 Å². The summed E-state index contributed by atoms with van der Waals surface area (Å²) in [6, 6.07) is 25.4. The maximum Gasteiger partial charge on any atom is 0.213 e. The maximum atomic E-state index is 5.90. The summed E-state index contributed by atoms with van der Waals surface area (Å²) in [5.74, 6) is 3.15. The summed E-state index contributed by atoms with van der Waals surface area (Å²) in [7, 11) is 14.4. The molecule has 0 N–H and O–H groups in total. The van der Waals surface area contributed by atoms with Gasteiger partial charge in [-0.2, -0.15) is 4.57 Å². The zero-order valence-corrected chi connectivity index (χ0v) is 26.4. The quantitative estimate of drug-likeness (QED) is 0.174. The summed E-state index contributed by atoms with van der Waals surface area (Å²) in [6.45, 7) is 2.08. The molecule has 0 spiro atoms. The Kier molecular flexibility index (Phi) is 8.35. The third-order valence-corrected chi connectivity index (χ3v) is 8.05. The number of fused-ring (bicyclic) bond motifs is 1. The number of anilines is 1. The second-order valence-electron chi connectivity index (χ2n) is 10.6. The van der Waals surface area contributed by atoms with E-state index in [1.165, 1.54) is 0 Å². The molecule has 0 bridgehead atoms. The van der Waals surface area contributed by atoms with E-state index in [1.54, 1.807) is 35.5 Å². The number of rotatable bonds is 9. The van der Waals surface area contributed by atoms with Gasteiger partial charge in [0.1, 0.15) is 7.05 Å². The molecular formula is C36H39N2O5+. The number of methoxy groups -OCH3 is 5. The van der Waals surface area contributed by atoms with Gasteiger partial charge in [0.25, 0.3) is 0 Å². The van der Waals surface area contributed by atoms with Crippen molar-refractivity contribution in [1.29, 1.82) is 0 Å². The van der Waals surface area contributed by atoms with Gasteiger partial charge in [0, 0.05) is 43.7 Å². The third-order valence-electron chi connectivity index (χ3n) is 8.05. The molecule has 1 aromatic heterocycles.